The Bertz CT molecular complexity index is 773. The van der Waals surface area contributed by atoms with Crippen LogP contribution in [0.4, 0.5) is 11.4 Å². The molecule has 23 heavy (non-hydrogen) atoms. The number of benzene rings is 2. The Kier molecular flexibility index (Phi) is 3.89. The van der Waals surface area contributed by atoms with E-state index < -0.39 is 17.9 Å². The van der Waals surface area contributed by atoms with E-state index in [1.54, 1.807) is 36.4 Å². The molecule has 6 nitrogen and oxygen atoms in total. The summed E-state index contributed by atoms with van der Waals surface area (Å²) in [4.78, 5) is 24.5. The Hall–Kier alpha value is -3.02. The highest BCUT2D eigenvalue weighted by Crippen LogP contribution is 2.31. The lowest BCUT2D eigenvalue weighted by atomic mass is 10.1. The number of hydrogen-bond donors (Lipinski definition) is 2. The maximum absolute atomic E-state index is 12.4. The summed E-state index contributed by atoms with van der Waals surface area (Å²) in [6.45, 7) is 1.91. The summed E-state index contributed by atoms with van der Waals surface area (Å²) in [5.74, 6) is -0.0859. The molecule has 0 bridgehead atoms. The monoisotopic (exact) mass is 312 g/mol. The highest BCUT2D eigenvalue weighted by Gasteiger charge is 2.34. The molecule has 2 N–H and O–H groups in total. The fraction of sp³-hybridized carbons (Fsp3) is 0.176. The van der Waals surface area contributed by atoms with Crippen LogP contribution in [-0.2, 0) is 9.59 Å². The number of fused-ring (bicyclic) bond motifs is 1. The normalized spacial score (nSPS) is 15.9. The summed E-state index contributed by atoms with van der Waals surface area (Å²) in [7, 11) is 1.51. The standard InChI is InChI=1S/C17H16N2O4/c1-10-7-8-14-12(9-10)19-17(21)15(23-14)16(20)18-11-5-3-4-6-13(11)22-2/h3-9,15H,1-2H3,(H,18,20)(H,19,21)/t15-/m1/s1. The molecule has 0 saturated heterocycles. The number of para-hydroxylation sites is 2. The molecule has 0 unspecified atom stereocenters. The van der Waals surface area contributed by atoms with Gasteiger partial charge in [-0.1, -0.05) is 18.2 Å². The van der Waals surface area contributed by atoms with Crippen molar-refractivity contribution in [2.75, 3.05) is 17.7 Å². The molecule has 0 aliphatic carbocycles. The van der Waals surface area contributed by atoms with Crippen LogP contribution in [0, 0.1) is 6.92 Å². The average Bonchev–Trinajstić information content (AvgIpc) is 2.54. The Morgan fingerprint density at radius 2 is 2.04 bits per heavy atom. The van der Waals surface area contributed by atoms with E-state index in [4.69, 9.17) is 9.47 Å². The quantitative estimate of drug-likeness (QED) is 0.853. The van der Waals surface area contributed by atoms with Gasteiger partial charge in [0.25, 0.3) is 17.9 Å². The Labute approximate surface area is 133 Å². The maximum Gasteiger partial charge on any atom is 0.275 e. The van der Waals surface area contributed by atoms with Gasteiger partial charge in [0.1, 0.15) is 11.5 Å². The molecular weight excluding hydrogens is 296 g/mol. The highest BCUT2D eigenvalue weighted by molar-refractivity contribution is 6.15. The van der Waals surface area contributed by atoms with Crippen molar-refractivity contribution in [1.29, 1.82) is 0 Å². The van der Waals surface area contributed by atoms with Crippen LogP contribution in [0.15, 0.2) is 42.5 Å². The third-order valence-electron chi connectivity index (χ3n) is 3.48. The van der Waals surface area contributed by atoms with Gasteiger partial charge in [-0.05, 0) is 36.8 Å². The number of carbonyl (C=O) groups excluding carboxylic acids is 2. The number of anilines is 2. The fourth-order valence-electron chi connectivity index (χ4n) is 2.34. The molecule has 0 radical (unpaired) electrons. The average molecular weight is 312 g/mol. The highest BCUT2D eigenvalue weighted by atomic mass is 16.5. The van der Waals surface area contributed by atoms with Gasteiger partial charge < -0.3 is 20.1 Å². The minimum Gasteiger partial charge on any atom is -0.495 e. The Balaban J connectivity index is 1.80. The van der Waals surface area contributed by atoms with Crippen LogP contribution in [0.25, 0.3) is 0 Å². The fourth-order valence-corrected chi connectivity index (χ4v) is 2.34. The Morgan fingerprint density at radius 3 is 2.83 bits per heavy atom. The number of amides is 2. The Morgan fingerprint density at radius 1 is 1.26 bits per heavy atom. The molecule has 6 heteroatoms. The minimum atomic E-state index is -1.25. The van der Waals surface area contributed by atoms with Gasteiger partial charge in [-0.2, -0.15) is 0 Å². The van der Waals surface area contributed by atoms with Crippen molar-refractivity contribution in [3.63, 3.8) is 0 Å². The van der Waals surface area contributed by atoms with Gasteiger partial charge in [0.15, 0.2) is 0 Å². The van der Waals surface area contributed by atoms with E-state index in [-0.39, 0.29) is 0 Å². The largest absolute Gasteiger partial charge is 0.495 e. The predicted molar refractivity (Wildman–Crippen MR) is 85.8 cm³/mol. The van der Waals surface area contributed by atoms with E-state index in [2.05, 4.69) is 10.6 Å². The molecule has 1 heterocycles. The molecule has 0 fully saturated rings. The van der Waals surface area contributed by atoms with Crippen molar-refractivity contribution in [2.45, 2.75) is 13.0 Å². The predicted octanol–water partition coefficient (Wildman–Crippen LogP) is 2.34. The molecule has 1 aliphatic heterocycles. The van der Waals surface area contributed by atoms with E-state index in [0.29, 0.717) is 22.9 Å². The first-order valence-electron chi connectivity index (χ1n) is 7.10. The number of nitrogens with one attached hydrogen (secondary N) is 2. The lowest BCUT2D eigenvalue weighted by Gasteiger charge is -2.25. The second-order valence-electron chi connectivity index (χ2n) is 5.18. The smallest absolute Gasteiger partial charge is 0.275 e. The van der Waals surface area contributed by atoms with Crippen LogP contribution in [0.5, 0.6) is 11.5 Å². The summed E-state index contributed by atoms with van der Waals surface area (Å²) >= 11 is 0. The second kappa shape index (κ2) is 6.00. The summed E-state index contributed by atoms with van der Waals surface area (Å²) < 4.78 is 10.7. The first kappa shape index (κ1) is 14.9. The second-order valence-corrected chi connectivity index (χ2v) is 5.18. The topological polar surface area (TPSA) is 76.7 Å². The molecule has 0 saturated carbocycles. The molecule has 0 spiro atoms. The van der Waals surface area contributed by atoms with Gasteiger partial charge >= 0.3 is 0 Å². The van der Waals surface area contributed by atoms with Gasteiger partial charge in [0.05, 0.1) is 18.5 Å². The first-order valence-corrected chi connectivity index (χ1v) is 7.10. The third kappa shape index (κ3) is 2.96. The molecule has 3 rings (SSSR count). The van der Waals surface area contributed by atoms with Gasteiger partial charge in [0, 0.05) is 0 Å². The molecule has 1 atom stereocenters. The van der Waals surface area contributed by atoms with E-state index >= 15 is 0 Å². The molecule has 2 amide bonds. The minimum absolute atomic E-state index is 0.468. The van der Waals surface area contributed by atoms with E-state index in [1.807, 2.05) is 13.0 Å². The van der Waals surface area contributed by atoms with Crippen LogP contribution in [0.2, 0.25) is 0 Å². The molecular formula is C17H16N2O4. The zero-order valence-corrected chi connectivity index (χ0v) is 12.8. The zero-order valence-electron chi connectivity index (χ0n) is 12.8. The van der Waals surface area contributed by atoms with Crippen molar-refractivity contribution in [3.05, 3.63) is 48.0 Å². The van der Waals surface area contributed by atoms with Crippen LogP contribution < -0.4 is 20.1 Å². The lowest BCUT2D eigenvalue weighted by molar-refractivity contribution is -0.133. The van der Waals surface area contributed by atoms with Crippen LogP contribution >= 0.6 is 0 Å². The first-order chi connectivity index (χ1) is 11.1. The van der Waals surface area contributed by atoms with Gasteiger partial charge in [0.2, 0.25) is 0 Å². The SMILES string of the molecule is COc1ccccc1NC(=O)[C@H]1Oc2ccc(C)cc2NC1=O. The van der Waals surface area contributed by atoms with E-state index in [9.17, 15) is 9.59 Å². The molecule has 1 aliphatic rings. The number of aryl methyl sites for hydroxylation is 1. The van der Waals surface area contributed by atoms with Crippen LogP contribution in [-0.4, -0.2) is 25.0 Å². The van der Waals surface area contributed by atoms with Gasteiger partial charge in [-0.25, -0.2) is 0 Å². The van der Waals surface area contributed by atoms with Crippen molar-refractivity contribution >= 4 is 23.2 Å². The lowest BCUT2D eigenvalue weighted by Crippen LogP contribution is -2.45. The summed E-state index contributed by atoms with van der Waals surface area (Å²) in [5.41, 5.74) is 2.03. The molecule has 118 valence electrons. The molecule has 2 aromatic rings. The van der Waals surface area contributed by atoms with Crippen molar-refractivity contribution in [2.24, 2.45) is 0 Å². The zero-order chi connectivity index (χ0) is 16.4. The van der Waals surface area contributed by atoms with Crippen LogP contribution in [0.1, 0.15) is 5.56 Å². The number of carbonyl (C=O) groups is 2. The van der Waals surface area contributed by atoms with Crippen molar-refractivity contribution < 1.29 is 19.1 Å². The van der Waals surface area contributed by atoms with Crippen molar-refractivity contribution in [3.8, 4) is 11.5 Å². The van der Waals surface area contributed by atoms with E-state index in [0.717, 1.165) is 5.56 Å². The summed E-state index contributed by atoms with van der Waals surface area (Å²) in [5, 5.41) is 5.34. The third-order valence-corrected chi connectivity index (χ3v) is 3.48. The van der Waals surface area contributed by atoms with E-state index in [1.165, 1.54) is 7.11 Å². The number of methoxy groups -OCH3 is 1. The number of rotatable bonds is 3. The summed E-state index contributed by atoms with van der Waals surface area (Å²) in [6, 6.07) is 12.3. The van der Waals surface area contributed by atoms with Gasteiger partial charge in [-0.3, -0.25) is 9.59 Å². The number of ether oxygens (including phenoxy) is 2. The number of hydrogen-bond acceptors (Lipinski definition) is 4. The van der Waals surface area contributed by atoms with Gasteiger partial charge in [-0.15, -0.1) is 0 Å². The summed E-state index contributed by atoms with van der Waals surface area (Å²) in [6.07, 6.45) is -1.25. The molecule has 2 aromatic carbocycles. The molecule has 0 aromatic heterocycles. The van der Waals surface area contributed by atoms with Crippen molar-refractivity contribution in [1.82, 2.24) is 0 Å². The van der Waals surface area contributed by atoms with Crippen LogP contribution in [0.3, 0.4) is 0 Å². The maximum atomic E-state index is 12.4.